The van der Waals surface area contributed by atoms with Gasteiger partial charge in [-0.3, -0.25) is 0 Å². The molecule has 27 heavy (non-hydrogen) atoms. The summed E-state index contributed by atoms with van der Waals surface area (Å²) in [5, 5.41) is 16.2. The van der Waals surface area contributed by atoms with E-state index in [1.165, 1.54) is 11.3 Å². The van der Waals surface area contributed by atoms with Crippen LogP contribution in [0.1, 0.15) is 49.5 Å². The molecule has 3 heterocycles. The predicted octanol–water partition coefficient (Wildman–Crippen LogP) is 3.36. The van der Waals surface area contributed by atoms with Crippen LogP contribution in [0.3, 0.4) is 0 Å². The van der Waals surface area contributed by atoms with E-state index in [1.54, 1.807) is 15.9 Å². The van der Waals surface area contributed by atoms with Crippen LogP contribution >= 0.6 is 22.9 Å². The van der Waals surface area contributed by atoms with E-state index in [-0.39, 0.29) is 11.9 Å². The van der Waals surface area contributed by atoms with E-state index in [1.807, 2.05) is 25.1 Å². The molecule has 0 bridgehead atoms. The monoisotopic (exact) mass is 405 g/mol. The molecule has 0 aliphatic carbocycles. The third kappa shape index (κ3) is 3.58. The first-order valence-electron chi connectivity index (χ1n) is 9.63. The molecule has 3 aromatic rings. The molecule has 0 unspecified atom stereocenters. The summed E-state index contributed by atoms with van der Waals surface area (Å²) < 4.78 is 1.59. The minimum atomic E-state index is 0.0347. The van der Waals surface area contributed by atoms with Crippen molar-refractivity contribution >= 4 is 27.9 Å². The zero-order valence-electron chi connectivity index (χ0n) is 15.9. The summed E-state index contributed by atoms with van der Waals surface area (Å²) in [7, 11) is 0. The lowest BCUT2D eigenvalue weighted by atomic mass is 9.89. The Morgan fingerprint density at radius 3 is 2.70 bits per heavy atom. The van der Waals surface area contributed by atoms with Gasteiger partial charge in [-0.25, -0.2) is 4.98 Å². The third-order valence-electron chi connectivity index (χ3n) is 5.44. The summed E-state index contributed by atoms with van der Waals surface area (Å²) in [5.74, 6) is 2.28. The van der Waals surface area contributed by atoms with E-state index in [9.17, 15) is 5.11 Å². The molecule has 3 atom stereocenters. The maximum Gasteiger partial charge on any atom is 0.235 e. The van der Waals surface area contributed by atoms with Crippen molar-refractivity contribution in [3.8, 4) is 5.88 Å². The van der Waals surface area contributed by atoms with Crippen LogP contribution in [0, 0.1) is 11.8 Å². The number of fused-ring (bicyclic) bond motifs is 1. The van der Waals surface area contributed by atoms with Crippen molar-refractivity contribution in [2.24, 2.45) is 11.8 Å². The fourth-order valence-electron chi connectivity index (χ4n) is 4.45. The summed E-state index contributed by atoms with van der Waals surface area (Å²) in [6.45, 7) is 8.82. The van der Waals surface area contributed by atoms with E-state index in [4.69, 9.17) is 11.6 Å². The molecular weight excluding hydrogens is 380 g/mol. The lowest BCUT2D eigenvalue weighted by Crippen LogP contribution is -3.14. The molecule has 0 spiro atoms. The Morgan fingerprint density at radius 1 is 1.33 bits per heavy atom. The molecule has 0 amide bonds. The number of aryl methyl sites for hydroxylation is 1. The second-order valence-electron chi connectivity index (χ2n) is 7.87. The summed E-state index contributed by atoms with van der Waals surface area (Å²) in [6, 6.07) is 8.06. The number of rotatable bonds is 4. The molecule has 4 rings (SSSR count). The molecule has 1 aromatic carbocycles. The van der Waals surface area contributed by atoms with Gasteiger partial charge in [0.2, 0.25) is 10.8 Å². The average molecular weight is 406 g/mol. The van der Waals surface area contributed by atoms with Crippen LogP contribution in [0.15, 0.2) is 24.3 Å². The highest BCUT2D eigenvalue weighted by Gasteiger charge is 2.37. The number of nitrogens with zero attached hydrogens (tertiary/aromatic N) is 3. The second-order valence-corrected chi connectivity index (χ2v) is 9.31. The second kappa shape index (κ2) is 7.41. The topological polar surface area (TPSA) is 54.9 Å². The largest absolute Gasteiger partial charge is 0.492 e. The van der Waals surface area contributed by atoms with Gasteiger partial charge in [-0.15, -0.1) is 5.10 Å². The normalized spacial score (nSPS) is 24.4. The van der Waals surface area contributed by atoms with Gasteiger partial charge in [0.05, 0.1) is 13.1 Å². The minimum Gasteiger partial charge on any atom is -0.492 e. The number of halogens is 1. The van der Waals surface area contributed by atoms with Gasteiger partial charge >= 0.3 is 0 Å². The van der Waals surface area contributed by atoms with Crippen molar-refractivity contribution in [3.05, 3.63) is 45.6 Å². The number of benzene rings is 1. The highest BCUT2D eigenvalue weighted by molar-refractivity contribution is 7.17. The molecule has 7 heteroatoms. The summed E-state index contributed by atoms with van der Waals surface area (Å²) in [6.07, 6.45) is 2.01. The predicted molar refractivity (Wildman–Crippen MR) is 109 cm³/mol. The van der Waals surface area contributed by atoms with Crippen molar-refractivity contribution in [1.29, 1.82) is 0 Å². The van der Waals surface area contributed by atoms with Gasteiger partial charge in [-0.1, -0.05) is 55.8 Å². The molecule has 1 aliphatic rings. The van der Waals surface area contributed by atoms with Gasteiger partial charge in [-0.05, 0) is 18.6 Å². The number of thiazole rings is 1. The molecule has 5 nitrogen and oxygen atoms in total. The van der Waals surface area contributed by atoms with E-state index >= 15 is 0 Å². The van der Waals surface area contributed by atoms with E-state index in [0.29, 0.717) is 11.8 Å². The SMILES string of the molecule is CCc1nc2sc([C@H](c3cccc(Cl)c3)[NH+]3C[C@@H](C)C[C@H](C)C3)c(O)n2n1. The smallest absolute Gasteiger partial charge is 0.235 e. The van der Waals surface area contributed by atoms with Crippen molar-refractivity contribution in [2.75, 3.05) is 13.1 Å². The first kappa shape index (κ1) is 18.7. The number of quaternary nitrogens is 1. The van der Waals surface area contributed by atoms with Gasteiger partial charge in [0.25, 0.3) is 0 Å². The van der Waals surface area contributed by atoms with Gasteiger partial charge in [0.1, 0.15) is 4.88 Å². The standard InChI is InChI=1S/C20H25ClN4OS/c1-4-16-22-20-25(23-16)19(26)18(27-20)17(14-6-5-7-15(21)9-14)24-10-12(2)8-13(3)11-24/h5-7,9,12-13,17,26H,4,8,10-11H2,1-3H3/p+1/t12-,13-,17-/m0/s1. The molecule has 1 saturated heterocycles. The van der Waals surface area contributed by atoms with Crippen molar-refractivity contribution < 1.29 is 10.0 Å². The van der Waals surface area contributed by atoms with E-state index in [0.717, 1.165) is 45.8 Å². The third-order valence-corrected chi connectivity index (χ3v) is 6.76. The fraction of sp³-hybridized carbons (Fsp3) is 0.500. The highest BCUT2D eigenvalue weighted by atomic mass is 35.5. The molecule has 0 saturated carbocycles. The Balaban J connectivity index is 1.82. The van der Waals surface area contributed by atoms with E-state index in [2.05, 4.69) is 30.0 Å². The molecule has 0 radical (unpaired) electrons. The van der Waals surface area contributed by atoms with Crippen LogP contribution < -0.4 is 4.90 Å². The molecule has 1 aliphatic heterocycles. The number of hydrogen-bond acceptors (Lipinski definition) is 4. The van der Waals surface area contributed by atoms with Gasteiger partial charge in [0.15, 0.2) is 11.9 Å². The van der Waals surface area contributed by atoms with Crippen LogP contribution in [0.25, 0.3) is 4.96 Å². The Kier molecular flexibility index (Phi) is 5.14. The number of aromatic nitrogens is 3. The van der Waals surface area contributed by atoms with Gasteiger partial charge in [-0.2, -0.15) is 4.52 Å². The maximum atomic E-state index is 11.0. The summed E-state index contributed by atoms with van der Waals surface area (Å²) in [4.78, 5) is 7.70. The summed E-state index contributed by atoms with van der Waals surface area (Å²) >= 11 is 7.85. The molecule has 1 fully saturated rings. The zero-order valence-corrected chi connectivity index (χ0v) is 17.5. The van der Waals surface area contributed by atoms with Crippen LogP contribution in [0.2, 0.25) is 5.02 Å². The number of likely N-dealkylation sites (tertiary alicyclic amines) is 1. The van der Waals surface area contributed by atoms with Crippen molar-refractivity contribution in [3.63, 3.8) is 0 Å². The lowest BCUT2D eigenvalue weighted by molar-refractivity contribution is -0.936. The molecule has 2 aromatic heterocycles. The summed E-state index contributed by atoms with van der Waals surface area (Å²) in [5.41, 5.74) is 1.13. The lowest BCUT2D eigenvalue weighted by Gasteiger charge is -2.37. The van der Waals surface area contributed by atoms with Crippen molar-refractivity contribution in [2.45, 2.75) is 39.7 Å². The maximum absolute atomic E-state index is 11.0. The van der Waals surface area contributed by atoms with E-state index < -0.39 is 0 Å². The quantitative estimate of drug-likeness (QED) is 0.699. The Morgan fingerprint density at radius 2 is 2.07 bits per heavy atom. The van der Waals surface area contributed by atoms with Crippen LogP contribution in [0.5, 0.6) is 5.88 Å². The Bertz CT molecular complexity index is 943. The van der Waals surface area contributed by atoms with Crippen LogP contribution in [0.4, 0.5) is 0 Å². The number of hydrogen-bond donors (Lipinski definition) is 2. The average Bonchev–Trinajstić information content (AvgIpc) is 3.14. The minimum absolute atomic E-state index is 0.0347. The number of piperidine rings is 1. The molecule has 144 valence electrons. The van der Waals surface area contributed by atoms with Gasteiger partial charge in [0, 0.05) is 28.8 Å². The first-order valence-corrected chi connectivity index (χ1v) is 10.8. The van der Waals surface area contributed by atoms with Crippen LogP contribution in [-0.4, -0.2) is 32.8 Å². The Hall–Kier alpha value is -1.63. The number of aromatic hydroxyl groups is 1. The zero-order chi connectivity index (χ0) is 19.1. The number of nitrogens with one attached hydrogen (secondary N) is 1. The fourth-order valence-corrected chi connectivity index (χ4v) is 5.81. The highest BCUT2D eigenvalue weighted by Crippen LogP contribution is 2.36. The van der Waals surface area contributed by atoms with Crippen molar-refractivity contribution in [1.82, 2.24) is 14.6 Å². The molecular formula is C20H26ClN4OS+. The Labute approximate surface area is 168 Å². The first-order chi connectivity index (χ1) is 13.0. The van der Waals surface area contributed by atoms with Crippen LogP contribution in [-0.2, 0) is 6.42 Å². The van der Waals surface area contributed by atoms with Gasteiger partial charge < -0.3 is 10.0 Å². The molecule has 2 N–H and O–H groups in total.